The Bertz CT molecular complexity index is 1020. The molecule has 33 heavy (non-hydrogen) atoms. The molecule has 0 aliphatic heterocycles. The number of aliphatic carboxylic acids is 1. The first-order valence-electron chi connectivity index (χ1n) is 12.7. The number of fused-ring (bicyclic) bond motifs is 2. The third kappa shape index (κ3) is 3.19. The number of phenolic OH excluding ortho intramolecular Hbond substituents is 2. The number of carbonyl (C=O) groups is 1. The Labute approximate surface area is 199 Å². The molecular formula is C29H42O4. The van der Waals surface area contributed by atoms with Crippen LogP contribution in [-0.4, -0.2) is 21.3 Å². The number of hydrogen-bond acceptors (Lipinski definition) is 3. The topological polar surface area (TPSA) is 77.8 Å². The molecule has 1 aromatic rings. The molecule has 0 spiro atoms. The lowest BCUT2D eigenvalue weighted by Crippen LogP contribution is -2.58. The molecule has 0 unspecified atom stereocenters. The number of aromatic hydroxyl groups is 2. The molecule has 3 N–H and O–H groups in total. The maximum atomic E-state index is 12.2. The Balaban J connectivity index is 1.80. The number of carboxylic acid groups (broad SMARTS) is 1. The number of hydrogen-bond donors (Lipinski definition) is 3. The van der Waals surface area contributed by atoms with Gasteiger partial charge in [-0.15, -0.1) is 0 Å². The normalized spacial score (nSPS) is 40.5. The van der Waals surface area contributed by atoms with Crippen molar-refractivity contribution in [2.75, 3.05) is 0 Å². The molecule has 4 heteroatoms. The second-order valence-corrected chi connectivity index (χ2v) is 12.4. The van der Waals surface area contributed by atoms with Crippen LogP contribution in [0.4, 0.5) is 0 Å². The fraction of sp³-hybridized carbons (Fsp3) is 0.690. The second kappa shape index (κ2) is 7.52. The molecule has 0 amide bonds. The summed E-state index contributed by atoms with van der Waals surface area (Å²) in [7, 11) is 0. The molecule has 1 aromatic carbocycles. The number of rotatable bonds is 3. The summed E-state index contributed by atoms with van der Waals surface area (Å²) >= 11 is 0. The van der Waals surface area contributed by atoms with Crippen LogP contribution in [0.2, 0.25) is 0 Å². The first-order valence-corrected chi connectivity index (χ1v) is 12.7. The van der Waals surface area contributed by atoms with Gasteiger partial charge >= 0.3 is 5.97 Å². The van der Waals surface area contributed by atoms with Crippen LogP contribution in [0.15, 0.2) is 17.7 Å². The zero-order valence-corrected chi connectivity index (χ0v) is 21.5. The SMILES string of the molecule is CC[C@@]1(C)[C@@H]2C[C@](C)(C(=O)O)CC[C@]2(C)CC[C@]1(C)C1=CCc2c(cc(O)c(O)c2C)[C@H]1C. The summed E-state index contributed by atoms with van der Waals surface area (Å²) in [6.45, 7) is 15.6. The second-order valence-electron chi connectivity index (χ2n) is 12.4. The van der Waals surface area contributed by atoms with E-state index in [2.05, 4.69) is 40.7 Å². The van der Waals surface area contributed by atoms with Gasteiger partial charge in [-0.05, 0) is 104 Å². The van der Waals surface area contributed by atoms with E-state index < -0.39 is 11.4 Å². The molecule has 0 bridgehead atoms. The largest absolute Gasteiger partial charge is 0.504 e. The van der Waals surface area contributed by atoms with E-state index >= 15 is 0 Å². The third-order valence-corrected chi connectivity index (χ3v) is 11.0. The molecule has 182 valence electrons. The number of benzene rings is 1. The quantitative estimate of drug-likeness (QED) is 0.336. The van der Waals surface area contributed by atoms with Gasteiger partial charge in [0, 0.05) is 5.92 Å². The molecular weight excluding hydrogens is 412 g/mol. The zero-order valence-electron chi connectivity index (χ0n) is 21.5. The first kappa shape index (κ1) is 24.2. The Hall–Kier alpha value is -1.97. The van der Waals surface area contributed by atoms with Crippen molar-refractivity contribution in [2.45, 2.75) is 99.3 Å². The summed E-state index contributed by atoms with van der Waals surface area (Å²) in [4.78, 5) is 12.2. The molecule has 2 fully saturated rings. The van der Waals surface area contributed by atoms with Crippen molar-refractivity contribution in [1.29, 1.82) is 0 Å². The lowest BCUT2D eigenvalue weighted by molar-refractivity contribution is -0.170. The average molecular weight is 455 g/mol. The maximum absolute atomic E-state index is 12.2. The van der Waals surface area contributed by atoms with Crippen molar-refractivity contribution < 1.29 is 20.1 Å². The van der Waals surface area contributed by atoms with Crippen LogP contribution in [0.5, 0.6) is 11.5 Å². The molecule has 6 atom stereocenters. The van der Waals surface area contributed by atoms with Crippen molar-refractivity contribution in [2.24, 2.45) is 27.6 Å². The van der Waals surface area contributed by atoms with Crippen LogP contribution >= 0.6 is 0 Å². The van der Waals surface area contributed by atoms with Crippen molar-refractivity contribution in [3.63, 3.8) is 0 Å². The molecule has 0 heterocycles. The summed E-state index contributed by atoms with van der Waals surface area (Å²) in [6, 6.07) is 1.76. The van der Waals surface area contributed by atoms with Gasteiger partial charge in [0.25, 0.3) is 0 Å². The van der Waals surface area contributed by atoms with Gasteiger partial charge in [-0.25, -0.2) is 0 Å². The van der Waals surface area contributed by atoms with Crippen LogP contribution in [0.3, 0.4) is 0 Å². The minimum absolute atomic E-state index is 0.00833. The lowest BCUT2D eigenvalue weighted by atomic mass is 9.38. The predicted octanol–water partition coefficient (Wildman–Crippen LogP) is 7.11. The number of phenols is 2. The van der Waals surface area contributed by atoms with Crippen LogP contribution < -0.4 is 0 Å². The average Bonchev–Trinajstić information content (AvgIpc) is 2.77. The Kier molecular flexibility index (Phi) is 5.50. The van der Waals surface area contributed by atoms with Crippen molar-refractivity contribution in [3.8, 4) is 11.5 Å². The maximum Gasteiger partial charge on any atom is 0.309 e. The predicted molar refractivity (Wildman–Crippen MR) is 132 cm³/mol. The minimum atomic E-state index is -0.654. The third-order valence-electron chi connectivity index (χ3n) is 11.0. The highest BCUT2D eigenvalue weighted by Crippen LogP contribution is 2.71. The highest BCUT2D eigenvalue weighted by molar-refractivity contribution is 5.74. The van der Waals surface area contributed by atoms with E-state index in [9.17, 15) is 20.1 Å². The van der Waals surface area contributed by atoms with Gasteiger partial charge in [-0.3, -0.25) is 4.79 Å². The van der Waals surface area contributed by atoms with Crippen LogP contribution in [0.1, 0.15) is 103 Å². The van der Waals surface area contributed by atoms with Crippen molar-refractivity contribution in [1.82, 2.24) is 0 Å². The molecule has 0 radical (unpaired) electrons. The standard InChI is InChI=1S/C29H42O4/c1-8-28(6)23-16-27(5,25(32)33)12-11-26(23,4)13-14-29(28,7)21-10-9-19-18(3)24(31)22(30)15-20(19)17(21)2/h10,15,17,23,30-31H,8-9,11-14,16H2,1-7H3,(H,32,33)/t17-,23-,26-,27-,28+,29-/m1/s1. The number of carboxylic acids is 1. The first-order chi connectivity index (χ1) is 15.2. The lowest BCUT2D eigenvalue weighted by Gasteiger charge is -2.66. The van der Waals surface area contributed by atoms with Gasteiger partial charge in [0.1, 0.15) is 0 Å². The van der Waals surface area contributed by atoms with E-state index in [0.29, 0.717) is 5.92 Å². The molecule has 0 saturated heterocycles. The van der Waals surface area contributed by atoms with E-state index in [-0.39, 0.29) is 33.7 Å². The van der Waals surface area contributed by atoms with Gasteiger partial charge in [-0.1, -0.05) is 46.3 Å². The highest BCUT2D eigenvalue weighted by atomic mass is 16.4. The fourth-order valence-electron chi connectivity index (χ4n) is 8.11. The van der Waals surface area contributed by atoms with Gasteiger partial charge in [0.2, 0.25) is 0 Å². The summed E-state index contributed by atoms with van der Waals surface area (Å²) < 4.78 is 0. The van der Waals surface area contributed by atoms with Crippen LogP contribution in [0.25, 0.3) is 0 Å². The molecule has 3 aliphatic rings. The molecule has 3 aliphatic carbocycles. The van der Waals surface area contributed by atoms with Gasteiger partial charge in [0.15, 0.2) is 11.5 Å². The van der Waals surface area contributed by atoms with E-state index in [0.717, 1.165) is 61.6 Å². The minimum Gasteiger partial charge on any atom is -0.504 e. The van der Waals surface area contributed by atoms with Crippen LogP contribution in [-0.2, 0) is 11.2 Å². The molecule has 4 nitrogen and oxygen atoms in total. The molecule has 2 saturated carbocycles. The summed E-state index contributed by atoms with van der Waals surface area (Å²) in [5.74, 6) is -0.212. The zero-order chi connectivity index (χ0) is 24.6. The highest BCUT2D eigenvalue weighted by Gasteiger charge is 2.63. The van der Waals surface area contributed by atoms with E-state index in [1.807, 2.05) is 13.8 Å². The fourth-order valence-corrected chi connectivity index (χ4v) is 8.11. The summed E-state index contributed by atoms with van der Waals surface area (Å²) in [6.07, 6.45) is 8.86. The van der Waals surface area contributed by atoms with E-state index in [4.69, 9.17) is 0 Å². The van der Waals surface area contributed by atoms with Gasteiger partial charge < -0.3 is 15.3 Å². The molecule has 4 rings (SSSR count). The monoisotopic (exact) mass is 454 g/mol. The summed E-state index contributed by atoms with van der Waals surface area (Å²) in [5, 5.41) is 30.7. The Morgan fingerprint density at radius 2 is 1.73 bits per heavy atom. The Morgan fingerprint density at radius 1 is 1.09 bits per heavy atom. The summed E-state index contributed by atoms with van der Waals surface area (Å²) in [5.41, 5.74) is 3.88. The van der Waals surface area contributed by atoms with Gasteiger partial charge in [-0.2, -0.15) is 0 Å². The smallest absolute Gasteiger partial charge is 0.309 e. The molecule has 0 aromatic heterocycles. The van der Waals surface area contributed by atoms with Crippen molar-refractivity contribution in [3.05, 3.63) is 34.4 Å². The Morgan fingerprint density at radius 3 is 2.33 bits per heavy atom. The van der Waals surface area contributed by atoms with E-state index in [1.54, 1.807) is 6.07 Å². The van der Waals surface area contributed by atoms with Crippen molar-refractivity contribution >= 4 is 5.97 Å². The van der Waals surface area contributed by atoms with Gasteiger partial charge in [0.05, 0.1) is 5.41 Å². The van der Waals surface area contributed by atoms with E-state index in [1.165, 1.54) is 5.57 Å². The number of allylic oxidation sites excluding steroid dienone is 2. The van der Waals surface area contributed by atoms with Crippen LogP contribution in [0, 0.1) is 34.5 Å².